The van der Waals surface area contributed by atoms with Crippen LogP contribution in [0.5, 0.6) is 0 Å². The van der Waals surface area contributed by atoms with E-state index in [2.05, 4.69) is 38.2 Å². The van der Waals surface area contributed by atoms with Crippen LogP contribution >= 0.6 is 9.24 Å². The Morgan fingerprint density at radius 2 is 1.95 bits per heavy atom. The van der Waals surface area contributed by atoms with Gasteiger partial charge in [-0.15, -0.1) is 9.24 Å². The summed E-state index contributed by atoms with van der Waals surface area (Å²) < 4.78 is 14.5. The van der Waals surface area contributed by atoms with E-state index in [1.165, 1.54) is 0 Å². The van der Waals surface area contributed by atoms with Crippen molar-refractivity contribution in [2.45, 2.75) is 26.3 Å². The minimum Gasteiger partial charge on any atom is -0.314 e. The minimum absolute atomic E-state index is 0.0735. The van der Waals surface area contributed by atoms with Crippen molar-refractivity contribution >= 4 is 14.5 Å². The molecule has 1 aliphatic heterocycles. The first-order chi connectivity index (χ1) is 10.7. The zero-order valence-electron chi connectivity index (χ0n) is 13.8. The Morgan fingerprint density at radius 1 is 1.27 bits per heavy atom. The van der Waals surface area contributed by atoms with Gasteiger partial charge in [-0.25, -0.2) is 4.39 Å². The Hall–Kier alpha value is -0.540. The molecule has 0 aromatic heterocycles. The molecular formula is C17H29FN3P. The van der Waals surface area contributed by atoms with Gasteiger partial charge < -0.3 is 10.2 Å². The molecule has 0 saturated carbocycles. The van der Waals surface area contributed by atoms with E-state index in [9.17, 15) is 4.39 Å². The summed E-state index contributed by atoms with van der Waals surface area (Å²) in [6.07, 6.45) is 0.981. The molecule has 1 N–H and O–H groups in total. The summed E-state index contributed by atoms with van der Waals surface area (Å²) in [5.41, 5.74) is 0.847. The highest BCUT2D eigenvalue weighted by Crippen LogP contribution is 2.27. The molecule has 2 rings (SSSR count). The van der Waals surface area contributed by atoms with Gasteiger partial charge in [0.15, 0.2) is 0 Å². The summed E-state index contributed by atoms with van der Waals surface area (Å²) in [4.78, 5) is 4.85. The second-order valence-electron chi connectivity index (χ2n) is 5.90. The molecule has 0 amide bonds. The molecule has 0 aliphatic carbocycles. The summed E-state index contributed by atoms with van der Waals surface area (Å²) in [5, 5.41) is 4.29. The molecule has 1 heterocycles. The average Bonchev–Trinajstić information content (AvgIpc) is 2.54. The van der Waals surface area contributed by atoms with Crippen molar-refractivity contribution in [3.8, 4) is 0 Å². The largest absolute Gasteiger partial charge is 0.314 e. The number of hydrogen-bond donors (Lipinski definition) is 1. The lowest BCUT2D eigenvalue weighted by Gasteiger charge is -2.36. The summed E-state index contributed by atoms with van der Waals surface area (Å²) in [6, 6.07) is 5.77. The van der Waals surface area contributed by atoms with Crippen LogP contribution in [0.4, 0.5) is 4.39 Å². The van der Waals surface area contributed by atoms with Crippen molar-refractivity contribution in [3.05, 3.63) is 29.6 Å². The second kappa shape index (κ2) is 8.93. The normalized spacial score (nSPS) is 17.9. The fraction of sp³-hybridized carbons (Fsp3) is 0.647. The first-order valence-corrected chi connectivity index (χ1v) is 8.95. The Morgan fingerprint density at radius 3 is 2.55 bits per heavy atom. The Labute approximate surface area is 136 Å². The van der Waals surface area contributed by atoms with Crippen molar-refractivity contribution in [1.29, 1.82) is 0 Å². The highest BCUT2D eigenvalue weighted by molar-refractivity contribution is 7.27. The Balaban J connectivity index is 2.16. The quantitative estimate of drug-likeness (QED) is 0.774. The van der Waals surface area contributed by atoms with Crippen LogP contribution in [-0.2, 0) is 0 Å². The van der Waals surface area contributed by atoms with Gasteiger partial charge >= 0.3 is 0 Å². The van der Waals surface area contributed by atoms with E-state index in [0.717, 1.165) is 63.1 Å². The van der Waals surface area contributed by atoms with Gasteiger partial charge in [0.25, 0.3) is 0 Å². The van der Waals surface area contributed by atoms with Crippen LogP contribution in [0.2, 0.25) is 0 Å². The highest BCUT2D eigenvalue weighted by atomic mass is 31.0. The lowest BCUT2D eigenvalue weighted by Crippen LogP contribution is -2.46. The summed E-state index contributed by atoms with van der Waals surface area (Å²) in [7, 11) is 2.57. The lowest BCUT2D eigenvalue weighted by atomic mass is 10.00. The van der Waals surface area contributed by atoms with Crippen molar-refractivity contribution in [3.63, 3.8) is 0 Å². The van der Waals surface area contributed by atoms with Gasteiger partial charge in [0.1, 0.15) is 5.82 Å². The maximum atomic E-state index is 14.5. The predicted molar refractivity (Wildman–Crippen MR) is 95.3 cm³/mol. The summed E-state index contributed by atoms with van der Waals surface area (Å²) in [6.45, 7) is 11.5. The first-order valence-electron chi connectivity index (χ1n) is 8.37. The minimum atomic E-state index is -0.0735. The van der Waals surface area contributed by atoms with Gasteiger partial charge in [0, 0.05) is 37.8 Å². The van der Waals surface area contributed by atoms with Gasteiger partial charge in [-0.3, -0.25) is 4.90 Å². The van der Waals surface area contributed by atoms with E-state index >= 15 is 0 Å². The maximum Gasteiger partial charge on any atom is 0.128 e. The van der Waals surface area contributed by atoms with Crippen LogP contribution < -0.4 is 10.6 Å². The van der Waals surface area contributed by atoms with Gasteiger partial charge in [0.2, 0.25) is 0 Å². The van der Waals surface area contributed by atoms with E-state index in [-0.39, 0.29) is 11.9 Å². The summed E-state index contributed by atoms with van der Waals surface area (Å²) in [5.74, 6) is -0.0735. The van der Waals surface area contributed by atoms with Crippen molar-refractivity contribution < 1.29 is 4.39 Å². The van der Waals surface area contributed by atoms with Crippen LogP contribution in [0.15, 0.2) is 18.2 Å². The third-order valence-electron chi connectivity index (χ3n) is 4.59. The van der Waals surface area contributed by atoms with Gasteiger partial charge in [-0.2, -0.15) is 0 Å². The van der Waals surface area contributed by atoms with Crippen LogP contribution in [0.1, 0.15) is 31.9 Å². The lowest BCUT2D eigenvalue weighted by molar-refractivity contribution is 0.147. The predicted octanol–water partition coefficient (Wildman–Crippen LogP) is 2.00. The zero-order chi connectivity index (χ0) is 15.9. The summed E-state index contributed by atoms with van der Waals surface area (Å²) >= 11 is 0. The molecule has 0 spiro atoms. The number of benzene rings is 1. The number of halogens is 1. The van der Waals surface area contributed by atoms with Crippen molar-refractivity contribution in [2.75, 3.05) is 45.8 Å². The molecular weight excluding hydrogens is 296 g/mol. The molecule has 1 aliphatic rings. The molecule has 0 bridgehead atoms. The maximum absolute atomic E-state index is 14.5. The average molecular weight is 325 g/mol. The smallest absolute Gasteiger partial charge is 0.128 e. The molecule has 0 radical (unpaired) electrons. The van der Waals surface area contributed by atoms with Crippen LogP contribution in [0.3, 0.4) is 0 Å². The van der Waals surface area contributed by atoms with E-state index in [0.29, 0.717) is 0 Å². The fourth-order valence-electron chi connectivity index (χ4n) is 3.19. The number of rotatable bonds is 7. The molecule has 124 valence electrons. The standard InChI is InChI=1S/C17H29FN3P/c1-3-20(4-2)10-7-17(21-11-8-19-9-12-21)15-6-5-14(22)13-16(15)18/h5-6,13,17,19H,3-4,7-12,22H2,1-2H3. The molecule has 1 fully saturated rings. The molecule has 5 heteroatoms. The molecule has 1 aromatic carbocycles. The SMILES string of the molecule is CCN(CC)CCC(c1ccc(P)cc1F)N1CCNCC1. The Kier molecular flexibility index (Phi) is 7.23. The first kappa shape index (κ1) is 17.8. The van der Waals surface area contributed by atoms with Gasteiger partial charge in [-0.05, 0) is 37.4 Å². The topological polar surface area (TPSA) is 18.5 Å². The van der Waals surface area contributed by atoms with Crippen LogP contribution in [-0.4, -0.2) is 55.6 Å². The van der Waals surface area contributed by atoms with E-state index in [1.807, 2.05) is 12.1 Å². The second-order valence-corrected chi connectivity index (χ2v) is 6.56. The highest BCUT2D eigenvalue weighted by Gasteiger charge is 2.24. The monoisotopic (exact) mass is 325 g/mol. The van der Waals surface area contributed by atoms with E-state index in [1.54, 1.807) is 6.07 Å². The molecule has 2 unspecified atom stereocenters. The third kappa shape index (κ3) is 4.73. The molecule has 3 nitrogen and oxygen atoms in total. The van der Waals surface area contributed by atoms with Crippen molar-refractivity contribution in [2.24, 2.45) is 0 Å². The van der Waals surface area contributed by atoms with Gasteiger partial charge in [-0.1, -0.05) is 26.0 Å². The molecule has 22 heavy (non-hydrogen) atoms. The molecule has 1 saturated heterocycles. The number of piperazine rings is 1. The van der Waals surface area contributed by atoms with E-state index < -0.39 is 0 Å². The van der Waals surface area contributed by atoms with Gasteiger partial charge in [0.05, 0.1) is 0 Å². The zero-order valence-corrected chi connectivity index (χ0v) is 15.0. The number of hydrogen-bond acceptors (Lipinski definition) is 3. The molecule has 1 aromatic rings. The number of nitrogens with one attached hydrogen (secondary N) is 1. The van der Waals surface area contributed by atoms with Crippen LogP contribution in [0, 0.1) is 5.82 Å². The van der Waals surface area contributed by atoms with Crippen molar-refractivity contribution in [1.82, 2.24) is 15.1 Å². The van der Waals surface area contributed by atoms with E-state index in [4.69, 9.17) is 0 Å². The van der Waals surface area contributed by atoms with Crippen LogP contribution in [0.25, 0.3) is 0 Å². The third-order valence-corrected chi connectivity index (χ3v) is 4.95. The Bertz CT molecular complexity index is 459. The molecule has 2 atom stereocenters. The fourth-order valence-corrected chi connectivity index (χ4v) is 3.43. The number of nitrogens with zero attached hydrogens (tertiary/aromatic N) is 2.